The first-order valence-corrected chi connectivity index (χ1v) is 11.2. The van der Waals surface area contributed by atoms with Crippen LogP contribution in [0, 0.1) is 5.41 Å². The zero-order valence-corrected chi connectivity index (χ0v) is 17.5. The molecule has 0 spiro atoms. The molecule has 8 nitrogen and oxygen atoms in total. The fraction of sp³-hybridized carbons (Fsp3) is 0.211. The molecule has 1 heterocycles. The van der Waals surface area contributed by atoms with Crippen molar-refractivity contribution < 1.29 is 38.9 Å². The molecule has 0 aliphatic carbocycles. The second-order valence-electron chi connectivity index (χ2n) is 7.17. The van der Waals surface area contributed by atoms with Gasteiger partial charge < -0.3 is 25.8 Å². The Bertz CT molecular complexity index is 1100. The van der Waals surface area contributed by atoms with Crippen molar-refractivity contribution >= 4 is 39.2 Å². The lowest BCUT2D eigenvalue weighted by Gasteiger charge is -2.40. The smallest absolute Gasteiger partial charge is 0.310 e. The molecule has 1 aliphatic heterocycles. The first kappa shape index (κ1) is 24.4. The van der Waals surface area contributed by atoms with Crippen LogP contribution in [0.25, 0.3) is 0 Å². The van der Waals surface area contributed by atoms with Crippen LogP contribution in [0.2, 0.25) is 0 Å². The quantitative estimate of drug-likeness (QED) is 0.278. The molecule has 33 heavy (non-hydrogen) atoms. The number of nitrogen functional groups attached to an aromatic ring is 1. The summed E-state index contributed by atoms with van der Waals surface area (Å²) in [6, 6.07) is 7.47. The van der Waals surface area contributed by atoms with Crippen molar-refractivity contribution in [3.8, 4) is 0 Å². The Labute approximate surface area is 184 Å². The number of benzene rings is 2. The molecular formula is C19H19F5N4O4S. The van der Waals surface area contributed by atoms with Gasteiger partial charge in [-0.25, -0.2) is 0 Å². The Hall–Kier alpha value is -3.23. The van der Waals surface area contributed by atoms with Crippen molar-refractivity contribution in [3.05, 3.63) is 54.1 Å². The number of morpholine rings is 1. The van der Waals surface area contributed by atoms with E-state index < -0.39 is 39.1 Å². The largest absolute Gasteiger partial charge is 0.384 e. The van der Waals surface area contributed by atoms with Gasteiger partial charge >= 0.3 is 10.2 Å². The molecule has 0 bridgehead atoms. The molecule has 5 N–H and O–H groups in total. The van der Waals surface area contributed by atoms with Gasteiger partial charge in [-0.05, 0) is 48.5 Å². The summed E-state index contributed by atoms with van der Waals surface area (Å²) in [6.45, 7) is -0.302. The van der Waals surface area contributed by atoms with E-state index in [2.05, 4.69) is 5.32 Å². The molecule has 1 fully saturated rings. The van der Waals surface area contributed by atoms with Crippen LogP contribution in [0.1, 0.15) is 5.56 Å². The molecule has 1 aliphatic rings. The highest BCUT2D eigenvalue weighted by Gasteiger charge is 2.65. The van der Waals surface area contributed by atoms with Gasteiger partial charge in [-0.1, -0.05) is 19.4 Å². The number of aliphatic hydroxyl groups is 1. The van der Waals surface area contributed by atoms with Crippen molar-refractivity contribution in [2.75, 3.05) is 23.4 Å². The molecule has 3 rings (SSSR count). The van der Waals surface area contributed by atoms with E-state index in [-0.39, 0.29) is 42.5 Å². The van der Waals surface area contributed by atoms with Crippen LogP contribution in [-0.2, 0) is 14.3 Å². The number of hydrogen-bond acceptors (Lipinski definition) is 5. The van der Waals surface area contributed by atoms with E-state index in [0.29, 0.717) is 17.7 Å². The number of nitrogens with two attached hydrogens (primary N) is 1. The van der Waals surface area contributed by atoms with Crippen molar-refractivity contribution in [1.82, 2.24) is 0 Å². The minimum atomic E-state index is -9.87. The third-order valence-corrected chi connectivity index (χ3v) is 5.90. The summed E-state index contributed by atoms with van der Waals surface area (Å²) in [5.74, 6) is -2.12. The molecule has 2 aromatic rings. The van der Waals surface area contributed by atoms with Crippen LogP contribution in [-0.4, -0.2) is 48.1 Å². The molecule has 1 saturated heterocycles. The normalized spacial score (nSPS) is 19.9. The van der Waals surface area contributed by atoms with Crippen molar-refractivity contribution in [2.45, 2.75) is 17.1 Å². The van der Waals surface area contributed by atoms with Gasteiger partial charge in [0.1, 0.15) is 10.7 Å². The zero-order valence-electron chi connectivity index (χ0n) is 16.7. The van der Waals surface area contributed by atoms with Crippen LogP contribution in [0.4, 0.5) is 30.8 Å². The van der Waals surface area contributed by atoms with Gasteiger partial charge in [0.05, 0.1) is 6.61 Å². The Morgan fingerprint density at radius 2 is 1.70 bits per heavy atom. The number of nitrogens with zero attached hydrogens (tertiary/aromatic N) is 1. The molecule has 2 amide bonds. The standard InChI is InChI=1S/C19H19F5N4O4S/c20-33(21,22,23,24)14-7-5-13(6-8-14)28-9-10-32-16(19(28)31)15(29)18(30)27-12-3-1-11(2-4-12)17(25)26/h1-8,15-16,29H,9-10H2,(H3,25,26)(H,27,30)/t15-,16-/m1/s1. The topological polar surface area (TPSA) is 129 Å². The Balaban J connectivity index is 1.73. The highest BCUT2D eigenvalue weighted by atomic mass is 32.5. The Morgan fingerprint density at radius 1 is 1.12 bits per heavy atom. The van der Waals surface area contributed by atoms with E-state index in [1.54, 1.807) is 0 Å². The monoisotopic (exact) mass is 494 g/mol. The van der Waals surface area contributed by atoms with Gasteiger partial charge in [-0.3, -0.25) is 15.0 Å². The van der Waals surface area contributed by atoms with Gasteiger partial charge in [0, 0.05) is 23.5 Å². The number of carbonyl (C=O) groups is 2. The predicted molar refractivity (Wildman–Crippen MR) is 112 cm³/mol. The number of nitrogens with one attached hydrogen (secondary N) is 2. The van der Waals surface area contributed by atoms with E-state index in [1.807, 2.05) is 0 Å². The number of amides is 2. The average molecular weight is 494 g/mol. The molecule has 0 radical (unpaired) electrons. The third-order valence-electron chi connectivity index (χ3n) is 4.73. The number of aliphatic hydroxyl groups excluding tert-OH is 1. The second-order valence-corrected chi connectivity index (χ2v) is 9.58. The summed E-state index contributed by atoms with van der Waals surface area (Å²) >= 11 is 0. The molecule has 0 saturated carbocycles. The maximum absolute atomic E-state index is 12.9. The highest BCUT2D eigenvalue weighted by Crippen LogP contribution is 3.02. The number of anilines is 2. The third kappa shape index (κ3) is 5.58. The Morgan fingerprint density at radius 3 is 2.21 bits per heavy atom. The van der Waals surface area contributed by atoms with Gasteiger partial charge in [-0.15, -0.1) is 0 Å². The van der Waals surface area contributed by atoms with Crippen LogP contribution >= 0.6 is 10.2 Å². The summed E-state index contributed by atoms with van der Waals surface area (Å²) in [7, 11) is -9.87. The highest BCUT2D eigenvalue weighted by molar-refractivity contribution is 8.45. The molecule has 0 unspecified atom stereocenters. The number of carbonyl (C=O) groups excluding carboxylic acids is 2. The maximum Gasteiger partial charge on any atom is 0.310 e. The van der Waals surface area contributed by atoms with Crippen LogP contribution < -0.4 is 16.0 Å². The van der Waals surface area contributed by atoms with Crippen molar-refractivity contribution in [1.29, 1.82) is 5.41 Å². The van der Waals surface area contributed by atoms with Crippen molar-refractivity contribution in [3.63, 3.8) is 0 Å². The lowest BCUT2D eigenvalue weighted by Crippen LogP contribution is -2.55. The summed E-state index contributed by atoms with van der Waals surface area (Å²) in [4.78, 5) is 23.9. The lowest BCUT2D eigenvalue weighted by molar-refractivity contribution is -0.150. The first-order valence-electron chi connectivity index (χ1n) is 9.27. The molecule has 0 aromatic heterocycles. The number of ether oxygens (including phenoxy) is 1. The SMILES string of the molecule is N=C(N)c1ccc(NC(=O)[C@H](O)[C@H]2OCCN(c3ccc(S(F)(F)(F)(F)F)cc3)C2=O)cc1. The molecule has 2 atom stereocenters. The average Bonchev–Trinajstić information content (AvgIpc) is 2.72. The fourth-order valence-corrected chi connectivity index (χ4v) is 3.71. The van der Waals surface area contributed by atoms with Crippen LogP contribution in [0.3, 0.4) is 0 Å². The van der Waals surface area contributed by atoms with Gasteiger partial charge in [0.2, 0.25) is 0 Å². The molecule has 2 aromatic carbocycles. The molecule has 14 heteroatoms. The summed E-state index contributed by atoms with van der Waals surface area (Å²) < 4.78 is 69.7. The van der Waals surface area contributed by atoms with Gasteiger partial charge in [0.15, 0.2) is 12.2 Å². The number of halogens is 5. The lowest BCUT2D eigenvalue weighted by atomic mass is 10.1. The van der Waals surface area contributed by atoms with E-state index in [9.17, 15) is 34.1 Å². The predicted octanol–water partition coefficient (Wildman–Crippen LogP) is 3.36. The van der Waals surface area contributed by atoms with Crippen LogP contribution in [0.5, 0.6) is 0 Å². The number of hydrogen-bond donors (Lipinski definition) is 4. The van der Waals surface area contributed by atoms with Gasteiger partial charge in [-0.2, -0.15) is 0 Å². The zero-order chi connectivity index (χ0) is 24.7. The molecule has 180 valence electrons. The van der Waals surface area contributed by atoms with E-state index in [0.717, 1.165) is 4.90 Å². The second kappa shape index (κ2) is 7.67. The minimum absolute atomic E-state index is 0.133. The summed E-state index contributed by atoms with van der Waals surface area (Å²) in [5.41, 5.74) is 5.83. The van der Waals surface area contributed by atoms with E-state index in [1.165, 1.54) is 24.3 Å². The van der Waals surface area contributed by atoms with E-state index >= 15 is 0 Å². The Kier molecular flexibility index (Phi) is 5.68. The number of rotatable bonds is 6. The maximum atomic E-state index is 12.9. The fourth-order valence-electron chi connectivity index (χ4n) is 3.06. The minimum Gasteiger partial charge on any atom is -0.384 e. The first-order chi connectivity index (χ1) is 15.1. The summed E-state index contributed by atoms with van der Waals surface area (Å²) in [6.07, 6.45) is -3.65. The number of amidine groups is 1. The van der Waals surface area contributed by atoms with Crippen molar-refractivity contribution in [2.24, 2.45) is 5.73 Å². The van der Waals surface area contributed by atoms with E-state index in [4.69, 9.17) is 15.9 Å². The molecular weight excluding hydrogens is 475 g/mol. The van der Waals surface area contributed by atoms with Crippen LogP contribution in [0.15, 0.2) is 53.4 Å². The summed E-state index contributed by atoms with van der Waals surface area (Å²) in [5, 5.41) is 20.0. The van der Waals surface area contributed by atoms with Gasteiger partial charge in [0.25, 0.3) is 11.8 Å².